The molecule has 0 radical (unpaired) electrons. The van der Waals surface area contributed by atoms with Crippen LogP contribution in [-0.2, 0) is 6.42 Å². The van der Waals surface area contributed by atoms with E-state index in [1.165, 1.54) is 0 Å². The highest BCUT2D eigenvalue weighted by atomic mass is 16.5. The van der Waals surface area contributed by atoms with Gasteiger partial charge in [-0.25, -0.2) is 9.97 Å². The highest BCUT2D eigenvalue weighted by Gasteiger charge is 2.25. The third kappa shape index (κ3) is 3.35. The Hall–Kier alpha value is -1.82. The van der Waals surface area contributed by atoms with Crippen molar-refractivity contribution in [1.82, 2.24) is 25.4 Å². The number of aromatic nitrogens is 4. The second-order valence-electron chi connectivity index (χ2n) is 5.50. The van der Waals surface area contributed by atoms with E-state index in [-0.39, 0.29) is 11.5 Å². The lowest BCUT2D eigenvalue weighted by atomic mass is 9.85. The topological polar surface area (TPSA) is 76.7 Å². The summed E-state index contributed by atoms with van der Waals surface area (Å²) in [5.41, 5.74) is 0.118. The van der Waals surface area contributed by atoms with E-state index in [0.29, 0.717) is 24.0 Å². The van der Waals surface area contributed by atoms with Crippen LogP contribution in [-0.4, -0.2) is 33.2 Å². The maximum atomic E-state index is 5.27. The zero-order chi connectivity index (χ0) is 13.9. The van der Waals surface area contributed by atoms with Crippen molar-refractivity contribution in [2.75, 3.05) is 7.05 Å². The Kier molecular flexibility index (Phi) is 3.90. The lowest BCUT2D eigenvalue weighted by Crippen LogP contribution is -2.39. The third-order valence-corrected chi connectivity index (χ3v) is 3.01. The van der Waals surface area contributed by atoms with E-state index in [2.05, 4.69) is 46.2 Å². The van der Waals surface area contributed by atoms with E-state index in [4.69, 9.17) is 4.52 Å². The molecule has 102 valence electrons. The van der Waals surface area contributed by atoms with Crippen LogP contribution in [0, 0.1) is 5.41 Å². The zero-order valence-electron chi connectivity index (χ0n) is 11.7. The number of nitrogens with one attached hydrogen (secondary N) is 1. The number of hydrogen-bond acceptors (Lipinski definition) is 6. The predicted molar refractivity (Wildman–Crippen MR) is 71.3 cm³/mol. The molecule has 0 aromatic carbocycles. The van der Waals surface area contributed by atoms with Gasteiger partial charge < -0.3 is 9.84 Å². The van der Waals surface area contributed by atoms with Crippen LogP contribution in [0.1, 0.15) is 26.7 Å². The molecule has 0 saturated carbocycles. The van der Waals surface area contributed by atoms with Crippen molar-refractivity contribution in [2.45, 2.75) is 33.2 Å². The van der Waals surface area contributed by atoms with Gasteiger partial charge in [-0.2, -0.15) is 4.98 Å². The molecule has 2 aromatic rings. The third-order valence-electron chi connectivity index (χ3n) is 3.01. The van der Waals surface area contributed by atoms with E-state index in [1.807, 2.05) is 7.05 Å². The standard InChI is InChI=1S/C13H19N5O/c1-13(2,3)9(14-4)8-10-17-12(18-19-10)11-15-6-5-7-16-11/h5-7,9,14H,8H2,1-4H3. The van der Waals surface area contributed by atoms with Crippen molar-refractivity contribution < 1.29 is 4.52 Å². The summed E-state index contributed by atoms with van der Waals surface area (Å²) in [6.07, 6.45) is 3.99. The second-order valence-corrected chi connectivity index (χ2v) is 5.50. The summed E-state index contributed by atoms with van der Waals surface area (Å²) >= 11 is 0. The van der Waals surface area contributed by atoms with Gasteiger partial charge in [-0.15, -0.1) is 0 Å². The summed E-state index contributed by atoms with van der Waals surface area (Å²) in [6, 6.07) is 2.01. The van der Waals surface area contributed by atoms with Crippen LogP contribution in [0.15, 0.2) is 23.0 Å². The Morgan fingerprint density at radius 2 is 1.89 bits per heavy atom. The number of likely N-dealkylation sites (N-methyl/N-ethyl adjacent to an activating group) is 1. The minimum Gasteiger partial charge on any atom is -0.339 e. The maximum absolute atomic E-state index is 5.27. The molecule has 2 heterocycles. The van der Waals surface area contributed by atoms with Crippen LogP contribution in [0.5, 0.6) is 0 Å². The van der Waals surface area contributed by atoms with Crippen molar-refractivity contribution >= 4 is 0 Å². The second kappa shape index (κ2) is 5.44. The van der Waals surface area contributed by atoms with Crippen LogP contribution in [0.2, 0.25) is 0 Å². The molecule has 0 aliphatic heterocycles. The molecule has 2 aromatic heterocycles. The first kappa shape index (κ1) is 13.6. The molecule has 0 spiro atoms. The normalized spacial score (nSPS) is 13.5. The van der Waals surface area contributed by atoms with Crippen molar-refractivity contribution in [3.63, 3.8) is 0 Å². The fourth-order valence-corrected chi connectivity index (χ4v) is 1.86. The van der Waals surface area contributed by atoms with Gasteiger partial charge in [0.15, 0.2) is 0 Å². The molecule has 19 heavy (non-hydrogen) atoms. The van der Waals surface area contributed by atoms with Gasteiger partial charge in [0, 0.05) is 24.9 Å². The number of hydrogen-bond donors (Lipinski definition) is 1. The largest absolute Gasteiger partial charge is 0.339 e. The Morgan fingerprint density at radius 3 is 2.47 bits per heavy atom. The molecule has 6 heteroatoms. The first-order chi connectivity index (χ1) is 9.00. The predicted octanol–water partition coefficient (Wildman–Crippen LogP) is 1.70. The number of nitrogens with zero attached hydrogens (tertiary/aromatic N) is 4. The molecular formula is C13H19N5O. The Bertz CT molecular complexity index is 517. The lowest BCUT2D eigenvalue weighted by molar-refractivity contribution is 0.255. The monoisotopic (exact) mass is 261 g/mol. The van der Waals surface area contributed by atoms with Crippen molar-refractivity contribution in [2.24, 2.45) is 5.41 Å². The van der Waals surface area contributed by atoms with E-state index in [0.717, 1.165) is 0 Å². The SMILES string of the molecule is CNC(Cc1nc(-c2ncccn2)no1)C(C)(C)C. The van der Waals surface area contributed by atoms with Gasteiger partial charge in [0.1, 0.15) is 0 Å². The molecule has 0 amide bonds. The molecule has 6 nitrogen and oxygen atoms in total. The quantitative estimate of drug-likeness (QED) is 0.902. The molecule has 0 saturated heterocycles. The average molecular weight is 261 g/mol. The summed E-state index contributed by atoms with van der Waals surface area (Å²) in [5, 5.41) is 7.20. The fourth-order valence-electron chi connectivity index (χ4n) is 1.86. The molecule has 0 aliphatic rings. The van der Waals surface area contributed by atoms with Gasteiger partial charge in [-0.3, -0.25) is 0 Å². The zero-order valence-corrected chi connectivity index (χ0v) is 11.7. The summed E-state index contributed by atoms with van der Waals surface area (Å²) in [4.78, 5) is 12.5. The summed E-state index contributed by atoms with van der Waals surface area (Å²) in [6.45, 7) is 6.52. The Balaban J connectivity index is 2.14. The smallest absolute Gasteiger partial charge is 0.240 e. The minimum absolute atomic E-state index is 0.118. The first-order valence-electron chi connectivity index (χ1n) is 6.28. The molecule has 0 fully saturated rings. The number of rotatable bonds is 4. The van der Waals surface area contributed by atoms with Crippen molar-refractivity contribution in [3.05, 3.63) is 24.4 Å². The fraction of sp³-hybridized carbons (Fsp3) is 0.538. The maximum Gasteiger partial charge on any atom is 0.240 e. The molecule has 1 N–H and O–H groups in total. The van der Waals surface area contributed by atoms with Gasteiger partial charge in [-0.1, -0.05) is 25.9 Å². The molecule has 1 atom stereocenters. The van der Waals surface area contributed by atoms with Crippen LogP contribution >= 0.6 is 0 Å². The van der Waals surface area contributed by atoms with E-state index in [9.17, 15) is 0 Å². The van der Waals surface area contributed by atoms with Crippen LogP contribution in [0.25, 0.3) is 11.6 Å². The van der Waals surface area contributed by atoms with Gasteiger partial charge in [-0.05, 0) is 18.5 Å². The highest BCUT2D eigenvalue weighted by Crippen LogP contribution is 2.22. The van der Waals surface area contributed by atoms with E-state index >= 15 is 0 Å². The van der Waals surface area contributed by atoms with E-state index < -0.39 is 0 Å². The molecule has 0 aliphatic carbocycles. The first-order valence-corrected chi connectivity index (χ1v) is 6.28. The Morgan fingerprint density at radius 1 is 1.21 bits per heavy atom. The highest BCUT2D eigenvalue weighted by molar-refractivity contribution is 5.40. The Labute approximate surface area is 112 Å². The van der Waals surface area contributed by atoms with Crippen molar-refractivity contribution in [1.29, 1.82) is 0 Å². The summed E-state index contributed by atoms with van der Waals surface area (Å²) in [7, 11) is 1.94. The van der Waals surface area contributed by atoms with Crippen LogP contribution < -0.4 is 5.32 Å². The molecule has 1 unspecified atom stereocenters. The minimum atomic E-state index is 0.118. The van der Waals surface area contributed by atoms with Gasteiger partial charge in [0.05, 0.1) is 0 Å². The average Bonchev–Trinajstić information content (AvgIpc) is 2.84. The van der Waals surface area contributed by atoms with E-state index in [1.54, 1.807) is 18.5 Å². The summed E-state index contributed by atoms with van der Waals surface area (Å²) in [5.74, 6) is 1.50. The molecule has 2 rings (SSSR count). The van der Waals surface area contributed by atoms with Crippen LogP contribution in [0.3, 0.4) is 0 Å². The van der Waals surface area contributed by atoms with Crippen LogP contribution in [0.4, 0.5) is 0 Å². The summed E-state index contributed by atoms with van der Waals surface area (Å²) < 4.78 is 5.27. The molecular weight excluding hydrogens is 242 g/mol. The van der Waals surface area contributed by atoms with Gasteiger partial charge in [0.2, 0.25) is 17.5 Å². The van der Waals surface area contributed by atoms with Gasteiger partial charge in [0.25, 0.3) is 0 Å². The molecule has 0 bridgehead atoms. The lowest BCUT2D eigenvalue weighted by Gasteiger charge is -2.29. The van der Waals surface area contributed by atoms with Gasteiger partial charge >= 0.3 is 0 Å². The van der Waals surface area contributed by atoms with Crippen molar-refractivity contribution in [3.8, 4) is 11.6 Å².